The van der Waals surface area contributed by atoms with E-state index in [1.165, 1.54) is 23.6 Å². The third-order valence-electron chi connectivity index (χ3n) is 3.22. The van der Waals surface area contributed by atoms with Crippen LogP contribution < -0.4 is 4.74 Å². The van der Waals surface area contributed by atoms with Gasteiger partial charge in [-0.25, -0.2) is 0 Å². The normalized spacial score (nSPS) is 10.3. The molecule has 0 aromatic heterocycles. The summed E-state index contributed by atoms with van der Waals surface area (Å²) in [6, 6.07) is 14.5. The van der Waals surface area contributed by atoms with Gasteiger partial charge in [-0.15, -0.1) is 12.3 Å². The van der Waals surface area contributed by atoms with E-state index < -0.39 is 0 Å². The lowest BCUT2D eigenvalue weighted by Crippen LogP contribution is -1.97. The number of benzene rings is 2. The molecule has 2 aromatic rings. The Hall–Kier alpha value is -1.94. The predicted octanol–water partition coefficient (Wildman–Crippen LogP) is 4.80. The first-order chi connectivity index (χ1) is 9.42. The van der Waals surface area contributed by atoms with Crippen molar-refractivity contribution in [2.75, 3.05) is 6.61 Å². The molecular formula is C18H20O. The summed E-state index contributed by atoms with van der Waals surface area (Å²) in [6.45, 7) is 0.782. The number of hydrogen-bond donors (Lipinski definition) is 0. The van der Waals surface area contributed by atoms with E-state index in [2.05, 4.69) is 36.3 Å². The molecule has 0 saturated heterocycles. The van der Waals surface area contributed by atoms with Crippen LogP contribution in [0.5, 0.6) is 5.75 Å². The fourth-order valence-corrected chi connectivity index (χ4v) is 2.19. The van der Waals surface area contributed by atoms with Crippen LogP contribution in [-0.4, -0.2) is 6.61 Å². The van der Waals surface area contributed by atoms with Gasteiger partial charge in [-0.05, 0) is 24.3 Å². The number of terminal acetylenes is 1. The van der Waals surface area contributed by atoms with Gasteiger partial charge in [-0.2, -0.15) is 0 Å². The molecule has 0 radical (unpaired) electrons. The smallest absolute Gasteiger partial charge is 0.127 e. The van der Waals surface area contributed by atoms with E-state index in [1.807, 2.05) is 12.1 Å². The minimum atomic E-state index is 0.782. The van der Waals surface area contributed by atoms with Gasteiger partial charge in [-0.3, -0.25) is 0 Å². The van der Waals surface area contributed by atoms with Gasteiger partial charge >= 0.3 is 0 Å². The minimum absolute atomic E-state index is 0.782. The Bertz CT molecular complexity index is 546. The van der Waals surface area contributed by atoms with E-state index in [0.717, 1.165) is 31.6 Å². The standard InChI is InChI=1S/C18H20O/c1-2-3-4-5-6-9-15-19-18-14-10-12-16-11-7-8-13-17(16)18/h1,7-8,10-14H,3-6,9,15H2. The Morgan fingerprint density at radius 1 is 0.895 bits per heavy atom. The molecule has 2 aromatic carbocycles. The van der Waals surface area contributed by atoms with Crippen LogP contribution in [0.2, 0.25) is 0 Å². The molecule has 0 heterocycles. The summed E-state index contributed by atoms with van der Waals surface area (Å²) in [5.41, 5.74) is 0. The highest BCUT2D eigenvalue weighted by molar-refractivity contribution is 5.88. The topological polar surface area (TPSA) is 9.23 Å². The fraction of sp³-hybridized carbons (Fsp3) is 0.333. The number of hydrogen-bond acceptors (Lipinski definition) is 1. The van der Waals surface area contributed by atoms with Crippen LogP contribution in [0.3, 0.4) is 0 Å². The maximum Gasteiger partial charge on any atom is 0.127 e. The van der Waals surface area contributed by atoms with E-state index in [0.29, 0.717) is 0 Å². The maximum atomic E-state index is 5.89. The Kier molecular flexibility index (Phi) is 5.31. The monoisotopic (exact) mass is 252 g/mol. The third-order valence-corrected chi connectivity index (χ3v) is 3.22. The molecule has 0 aliphatic rings. The summed E-state index contributed by atoms with van der Waals surface area (Å²) >= 11 is 0. The molecule has 1 heteroatoms. The van der Waals surface area contributed by atoms with Gasteiger partial charge in [0.05, 0.1) is 6.61 Å². The van der Waals surface area contributed by atoms with Crippen molar-refractivity contribution in [1.82, 2.24) is 0 Å². The molecule has 98 valence electrons. The molecule has 0 amide bonds. The second kappa shape index (κ2) is 7.48. The predicted molar refractivity (Wildman–Crippen MR) is 81.4 cm³/mol. The molecule has 0 unspecified atom stereocenters. The Morgan fingerprint density at radius 2 is 1.68 bits per heavy atom. The third kappa shape index (κ3) is 4.03. The first kappa shape index (κ1) is 13.5. The van der Waals surface area contributed by atoms with Gasteiger partial charge in [0.25, 0.3) is 0 Å². The summed E-state index contributed by atoms with van der Waals surface area (Å²) in [7, 11) is 0. The van der Waals surface area contributed by atoms with Crippen LogP contribution >= 0.6 is 0 Å². The van der Waals surface area contributed by atoms with E-state index in [1.54, 1.807) is 0 Å². The second-order valence-electron chi connectivity index (χ2n) is 4.69. The van der Waals surface area contributed by atoms with Crippen LogP contribution in [-0.2, 0) is 0 Å². The van der Waals surface area contributed by atoms with Gasteiger partial charge < -0.3 is 4.74 Å². The zero-order valence-electron chi connectivity index (χ0n) is 11.3. The summed E-state index contributed by atoms with van der Waals surface area (Å²) < 4.78 is 5.89. The van der Waals surface area contributed by atoms with Crippen LogP contribution in [0.4, 0.5) is 0 Å². The summed E-state index contributed by atoms with van der Waals surface area (Å²) in [5, 5.41) is 2.42. The molecule has 0 spiro atoms. The number of unbranched alkanes of at least 4 members (excludes halogenated alkanes) is 4. The highest BCUT2D eigenvalue weighted by atomic mass is 16.5. The molecular weight excluding hydrogens is 232 g/mol. The van der Waals surface area contributed by atoms with Crippen molar-refractivity contribution in [2.24, 2.45) is 0 Å². The van der Waals surface area contributed by atoms with Gasteiger partial charge in [0.15, 0.2) is 0 Å². The van der Waals surface area contributed by atoms with Crippen molar-refractivity contribution in [3.05, 3.63) is 42.5 Å². The Balaban J connectivity index is 1.80. The lowest BCUT2D eigenvalue weighted by atomic mass is 10.1. The maximum absolute atomic E-state index is 5.89. The van der Waals surface area contributed by atoms with Crippen LogP contribution in [0.15, 0.2) is 42.5 Å². The van der Waals surface area contributed by atoms with Crippen LogP contribution in [0, 0.1) is 12.3 Å². The number of rotatable bonds is 7. The van der Waals surface area contributed by atoms with Gasteiger partial charge in [0.1, 0.15) is 5.75 Å². The molecule has 0 aliphatic carbocycles. The average molecular weight is 252 g/mol. The van der Waals surface area contributed by atoms with Crippen molar-refractivity contribution in [3.8, 4) is 18.1 Å². The molecule has 19 heavy (non-hydrogen) atoms. The summed E-state index contributed by atoms with van der Waals surface area (Å²) in [6.07, 6.45) is 10.7. The van der Waals surface area contributed by atoms with Gasteiger partial charge in [0, 0.05) is 11.8 Å². The van der Waals surface area contributed by atoms with Crippen molar-refractivity contribution >= 4 is 10.8 Å². The minimum Gasteiger partial charge on any atom is -0.493 e. The lowest BCUT2D eigenvalue weighted by Gasteiger charge is -2.09. The second-order valence-corrected chi connectivity index (χ2v) is 4.69. The fourth-order valence-electron chi connectivity index (χ4n) is 2.19. The number of ether oxygens (including phenoxy) is 1. The molecule has 0 saturated carbocycles. The van der Waals surface area contributed by atoms with Crippen molar-refractivity contribution < 1.29 is 4.74 Å². The highest BCUT2D eigenvalue weighted by Crippen LogP contribution is 2.25. The quantitative estimate of drug-likeness (QED) is 0.508. The van der Waals surface area contributed by atoms with Crippen molar-refractivity contribution in [2.45, 2.75) is 32.1 Å². The summed E-state index contributed by atoms with van der Waals surface area (Å²) in [5.74, 6) is 3.66. The number of fused-ring (bicyclic) bond motifs is 1. The first-order valence-corrected chi connectivity index (χ1v) is 6.96. The largest absolute Gasteiger partial charge is 0.493 e. The molecule has 2 rings (SSSR count). The van der Waals surface area contributed by atoms with Crippen LogP contribution in [0.1, 0.15) is 32.1 Å². The molecule has 0 aliphatic heterocycles. The molecule has 0 bridgehead atoms. The first-order valence-electron chi connectivity index (χ1n) is 6.96. The van der Waals surface area contributed by atoms with E-state index >= 15 is 0 Å². The molecule has 0 atom stereocenters. The molecule has 0 fully saturated rings. The average Bonchev–Trinajstić information content (AvgIpc) is 2.46. The van der Waals surface area contributed by atoms with Crippen molar-refractivity contribution in [1.29, 1.82) is 0 Å². The zero-order valence-corrected chi connectivity index (χ0v) is 11.3. The lowest BCUT2D eigenvalue weighted by molar-refractivity contribution is 0.308. The SMILES string of the molecule is C#CCCCCCCOc1cccc2ccccc12. The van der Waals surface area contributed by atoms with E-state index in [9.17, 15) is 0 Å². The van der Waals surface area contributed by atoms with Crippen LogP contribution in [0.25, 0.3) is 10.8 Å². The van der Waals surface area contributed by atoms with E-state index in [4.69, 9.17) is 11.2 Å². The Morgan fingerprint density at radius 3 is 2.58 bits per heavy atom. The van der Waals surface area contributed by atoms with Gasteiger partial charge in [-0.1, -0.05) is 49.2 Å². The molecule has 0 N–H and O–H groups in total. The van der Waals surface area contributed by atoms with E-state index in [-0.39, 0.29) is 0 Å². The highest BCUT2D eigenvalue weighted by Gasteiger charge is 2.00. The zero-order chi connectivity index (χ0) is 13.3. The molecule has 1 nitrogen and oxygen atoms in total. The van der Waals surface area contributed by atoms with Gasteiger partial charge in [0.2, 0.25) is 0 Å². The Labute approximate surface area is 115 Å². The van der Waals surface area contributed by atoms with Crippen molar-refractivity contribution in [3.63, 3.8) is 0 Å². The summed E-state index contributed by atoms with van der Waals surface area (Å²) in [4.78, 5) is 0.